The lowest BCUT2D eigenvalue weighted by molar-refractivity contribution is -0.155. The minimum Gasteiger partial charge on any atom is -0.474 e. The molecule has 0 atom stereocenters. The number of nitrogens with zero attached hydrogens (tertiary/aromatic N) is 1. The van der Waals surface area contributed by atoms with Gasteiger partial charge in [-0.15, -0.1) is 0 Å². The van der Waals surface area contributed by atoms with Gasteiger partial charge in [0.1, 0.15) is 0 Å². The first kappa shape index (κ1) is 14.2. The van der Waals surface area contributed by atoms with Gasteiger partial charge in [-0.2, -0.15) is 0 Å². The normalized spacial score (nSPS) is 10.5. The molecule has 98 valence electrons. The molecular weight excluding hydrogens is 230 g/mol. The highest BCUT2D eigenvalue weighted by Gasteiger charge is 2.18. The van der Waals surface area contributed by atoms with Gasteiger partial charge in [0.15, 0.2) is 0 Å². The summed E-state index contributed by atoms with van der Waals surface area (Å²) in [5.41, 5.74) is 3.23. The number of benzene rings is 1. The summed E-state index contributed by atoms with van der Waals surface area (Å²) in [5, 5.41) is 8.65. The molecule has 0 aliphatic rings. The smallest absolute Gasteiger partial charge is 0.394 e. The Morgan fingerprint density at radius 3 is 2.44 bits per heavy atom. The molecule has 1 N–H and O–H groups in total. The van der Waals surface area contributed by atoms with E-state index in [-0.39, 0.29) is 0 Å². The van der Waals surface area contributed by atoms with Crippen LogP contribution in [0.3, 0.4) is 0 Å². The Morgan fingerprint density at radius 2 is 1.94 bits per heavy atom. The van der Waals surface area contributed by atoms with Gasteiger partial charge in [0.25, 0.3) is 0 Å². The minimum atomic E-state index is -1.42. The van der Waals surface area contributed by atoms with Crippen LogP contribution in [0, 0.1) is 6.92 Å². The fraction of sp³-hybridized carbons (Fsp3) is 0.429. The van der Waals surface area contributed by atoms with Crippen molar-refractivity contribution in [3.8, 4) is 0 Å². The molecule has 0 bridgehead atoms. The van der Waals surface area contributed by atoms with Crippen LogP contribution >= 0.6 is 0 Å². The zero-order valence-corrected chi connectivity index (χ0v) is 11.2. The number of hydrogen-bond donors (Lipinski definition) is 1. The van der Waals surface area contributed by atoms with Gasteiger partial charge >= 0.3 is 11.9 Å². The highest BCUT2D eigenvalue weighted by atomic mass is 16.4. The van der Waals surface area contributed by atoms with Crippen molar-refractivity contribution in [3.63, 3.8) is 0 Å². The van der Waals surface area contributed by atoms with Crippen LogP contribution in [-0.4, -0.2) is 28.9 Å². The maximum Gasteiger partial charge on any atom is 0.394 e. The maximum atomic E-state index is 11.3. The van der Waals surface area contributed by atoms with Gasteiger partial charge in [-0.3, -0.25) is 4.79 Å². The number of rotatable bonds is 3. The average molecular weight is 249 g/mol. The monoisotopic (exact) mass is 249 g/mol. The van der Waals surface area contributed by atoms with Crippen molar-refractivity contribution in [2.75, 3.05) is 7.05 Å². The molecule has 0 aliphatic carbocycles. The molecule has 0 aromatic heterocycles. The van der Waals surface area contributed by atoms with Crippen molar-refractivity contribution in [3.05, 3.63) is 34.9 Å². The van der Waals surface area contributed by atoms with Gasteiger partial charge < -0.3 is 10.0 Å². The molecule has 4 nitrogen and oxygen atoms in total. The van der Waals surface area contributed by atoms with E-state index < -0.39 is 11.9 Å². The fourth-order valence-corrected chi connectivity index (χ4v) is 1.71. The number of carbonyl (C=O) groups is 2. The van der Waals surface area contributed by atoms with Crippen LogP contribution in [0.25, 0.3) is 0 Å². The Labute approximate surface area is 107 Å². The van der Waals surface area contributed by atoms with Crippen LogP contribution in [0.5, 0.6) is 0 Å². The van der Waals surface area contributed by atoms with Crippen molar-refractivity contribution in [2.24, 2.45) is 0 Å². The standard InChI is InChI=1S/C14H19NO3/c1-9(2)11-6-5-10(3)12(7-11)8-15(4)13(16)14(17)18/h5-7,9H,8H2,1-4H3,(H,17,18). The zero-order valence-electron chi connectivity index (χ0n) is 11.2. The van der Waals surface area contributed by atoms with Crippen LogP contribution in [0.15, 0.2) is 18.2 Å². The lowest BCUT2D eigenvalue weighted by Crippen LogP contribution is -2.32. The lowest BCUT2D eigenvalue weighted by Gasteiger charge is -2.17. The Morgan fingerprint density at radius 1 is 1.33 bits per heavy atom. The maximum absolute atomic E-state index is 11.3. The predicted molar refractivity (Wildman–Crippen MR) is 69.4 cm³/mol. The number of aryl methyl sites for hydroxylation is 1. The third kappa shape index (κ3) is 3.32. The summed E-state index contributed by atoms with van der Waals surface area (Å²) in [5.74, 6) is -1.90. The molecule has 0 saturated heterocycles. The summed E-state index contributed by atoms with van der Waals surface area (Å²) in [7, 11) is 1.50. The third-order valence-corrected chi connectivity index (χ3v) is 2.98. The molecule has 1 rings (SSSR count). The molecule has 1 aromatic carbocycles. The highest BCUT2D eigenvalue weighted by Crippen LogP contribution is 2.19. The molecule has 0 spiro atoms. The van der Waals surface area contributed by atoms with E-state index in [1.807, 2.05) is 19.1 Å². The largest absolute Gasteiger partial charge is 0.474 e. The van der Waals surface area contributed by atoms with Crippen LogP contribution in [-0.2, 0) is 16.1 Å². The van der Waals surface area contributed by atoms with E-state index in [9.17, 15) is 9.59 Å². The Hall–Kier alpha value is -1.84. The van der Waals surface area contributed by atoms with E-state index in [1.165, 1.54) is 17.5 Å². The quantitative estimate of drug-likeness (QED) is 0.835. The average Bonchev–Trinajstić information content (AvgIpc) is 2.30. The van der Waals surface area contributed by atoms with E-state index >= 15 is 0 Å². The Bertz CT molecular complexity index is 466. The van der Waals surface area contributed by atoms with Crippen LogP contribution in [0.2, 0.25) is 0 Å². The molecule has 0 fully saturated rings. The number of aliphatic carboxylic acids is 1. The van der Waals surface area contributed by atoms with Crippen molar-refractivity contribution in [1.82, 2.24) is 4.90 Å². The number of amides is 1. The van der Waals surface area contributed by atoms with Crippen LogP contribution in [0.1, 0.15) is 36.5 Å². The molecule has 0 heterocycles. The first-order valence-corrected chi connectivity index (χ1v) is 5.90. The molecule has 0 radical (unpaired) electrons. The first-order valence-electron chi connectivity index (χ1n) is 5.90. The van der Waals surface area contributed by atoms with E-state index in [1.54, 1.807) is 0 Å². The van der Waals surface area contributed by atoms with Crippen molar-refractivity contribution in [1.29, 1.82) is 0 Å². The second-order valence-electron chi connectivity index (χ2n) is 4.81. The van der Waals surface area contributed by atoms with E-state index in [0.717, 1.165) is 11.1 Å². The zero-order chi connectivity index (χ0) is 13.9. The van der Waals surface area contributed by atoms with Crippen LogP contribution < -0.4 is 0 Å². The summed E-state index contributed by atoms with van der Waals surface area (Å²) in [6.45, 7) is 6.47. The number of carboxylic acids is 1. The van der Waals surface area contributed by atoms with Gasteiger partial charge in [0.05, 0.1) is 0 Å². The van der Waals surface area contributed by atoms with Crippen molar-refractivity contribution in [2.45, 2.75) is 33.2 Å². The second kappa shape index (κ2) is 5.67. The fourth-order valence-electron chi connectivity index (χ4n) is 1.71. The van der Waals surface area contributed by atoms with E-state index in [0.29, 0.717) is 12.5 Å². The third-order valence-electron chi connectivity index (χ3n) is 2.98. The van der Waals surface area contributed by atoms with Crippen molar-refractivity contribution >= 4 is 11.9 Å². The summed E-state index contributed by atoms with van der Waals surface area (Å²) in [4.78, 5) is 23.1. The summed E-state index contributed by atoms with van der Waals surface area (Å²) in [6, 6.07) is 6.10. The lowest BCUT2D eigenvalue weighted by atomic mass is 9.97. The molecule has 0 aliphatic heterocycles. The molecular formula is C14H19NO3. The molecule has 1 aromatic rings. The summed E-state index contributed by atoms with van der Waals surface area (Å²) >= 11 is 0. The minimum absolute atomic E-state index is 0.317. The van der Waals surface area contributed by atoms with Gasteiger partial charge in [0, 0.05) is 13.6 Å². The number of carbonyl (C=O) groups excluding carboxylic acids is 1. The number of hydrogen-bond acceptors (Lipinski definition) is 2. The Balaban J connectivity index is 2.93. The van der Waals surface area contributed by atoms with Gasteiger partial charge in [-0.1, -0.05) is 32.0 Å². The van der Waals surface area contributed by atoms with Crippen LogP contribution in [0.4, 0.5) is 0 Å². The molecule has 0 saturated carbocycles. The summed E-state index contributed by atoms with van der Waals surface area (Å²) < 4.78 is 0. The second-order valence-corrected chi connectivity index (χ2v) is 4.81. The number of likely N-dealkylation sites (N-methyl/N-ethyl adjacent to an activating group) is 1. The van der Waals surface area contributed by atoms with E-state index in [2.05, 4.69) is 19.9 Å². The number of carboxylic acid groups (broad SMARTS) is 1. The van der Waals surface area contributed by atoms with Gasteiger partial charge in [0.2, 0.25) is 0 Å². The van der Waals surface area contributed by atoms with Gasteiger partial charge in [-0.05, 0) is 29.5 Å². The molecule has 0 unspecified atom stereocenters. The molecule has 4 heteroatoms. The highest BCUT2D eigenvalue weighted by molar-refractivity contribution is 6.31. The summed E-state index contributed by atoms with van der Waals surface area (Å²) in [6.07, 6.45) is 0. The van der Waals surface area contributed by atoms with Crippen molar-refractivity contribution < 1.29 is 14.7 Å². The SMILES string of the molecule is Cc1ccc(C(C)C)cc1CN(C)C(=O)C(=O)O. The van der Waals surface area contributed by atoms with E-state index in [4.69, 9.17) is 5.11 Å². The van der Waals surface area contributed by atoms with Gasteiger partial charge in [-0.25, -0.2) is 4.79 Å². The predicted octanol–water partition coefficient (Wildman–Crippen LogP) is 2.16. The molecule has 1 amide bonds. The first-order chi connectivity index (χ1) is 8.32. The Kier molecular flexibility index (Phi) is 4.48. The molecule has 18 heavy (non-hydrogen) atoms. The topological polar surface area (TPSA) is 57.6 Å².